The second-order valence-corrected chi connectivity index (χ2v) is 7.43. The van der Waals surface area contributed by atoms with Crippen molar-refractivity contribution in [2.45, 2.75) is 57.1 Å². The summed E-state index contributed by atoms with van der Waals surface area (Å²) in [4.78, 5) is 0. The molecule has 2 aromatic rings. The maximum Gasteiger partial charge on any atom is 0.273 e. The summed E-state index contributed by atoms with van der Waals surface area (Å²) < 4.78 is 37.3. The summed E-state index contributed by atoms with van der Waals surface area (Å²) in [5.74, 6) is -2.65. The van der Waals surface area contributed by atoms with Gasteiger partial charge in [-0.1, -0.05) is 6.92 Å². The summed E-state index contributed by atoms with van der Waals surface area (Å²) in [7, 11) is 0. The highest BCUT2D eigenvalue weighted by Gasteiger charge is 2.41. The van der Waals surface area contributed by atoms with Crippen LogP contribution in [0.25, 0.3) is 10.9 Å². The Hall–Kier alpha value is -1.01. The Kier molecular flexibility index (Phi) is 3.72. The Labute approximate surface area is 142 Å². The number of nitrogens with zero attached hydrogens (tertiary/aromatic N) is 2. The van der Waals surface area contributed by atoms with E-state index < -0.39 is 5.92 Å². The number of ether oxygens (including phenoxy) is 1. The molecule has 1 aliphatic heterocycles. The average Bonchev–Trinajstić information content (AvgIpc) is 2.97. The highest BCUT2D eigenvalue weighted by Crippen LogP contribution is 2.49. The summed E-state index contributed by atoms with van der Waals surface area (Å²) in [6.45, 7) is 2.71. The van der Waals surface area contributed by atoms with E-state index in [9.17, 15) is 8.78 Å². The van der Waals surface area contributed by atoms with Gasteiger partial charge in [0.2, 0.25) is 0 Å². The number of hydrogen-bond donors (Lipinski definition) is 0. The molecule has 0 N–H and O–H groups in total. The molecule has 0 radical (unpaired) electrons. The number of aromatic nitrogens is 2. The van der Waals surface area contributed by atoms with Crippen molar-refractivity contribution in [3.8, 4) is 0 Å². The highest BCUT2D eigenvalue weighted by atomic mass is 79.9. The molecule has 2 atom stereocenters. The quantitative estimate of drug-likeness (QED) is 0.649. The van der Waals surface area contributed by atoms with Gasteiger partial charge in [0.05, 0.1) is 11.7 Å². The SMILES string of the molecule is C[C@@H]1CCC(F)(F)c2cc3c(cnn3C3CCCCO3)c(Br)c21. The van der Waals surface area contributed by atoms with Gasteiger partial charge in [-0.2, -0.15) is 5.10 Å². The molecule has 1 aromatic heterocycles. The number of rotatable bonds is 1. The van der Waals surface area contributed by atoms with Crippen molar-refractivity contribution in [3.05, 3.63) is 27.9 Å². The Morgan fingerprint density at radius 3 is 2.91 bits per heavy atom. The minimum atomic E-state index is -2.78. The van der Waals surface area contributed by atoms with Crippen LogP contribution in [0, 0.1) is 0 Å². The van der Waals surface area contributed by atoms with E-state index in [1.165, 1.54) is 0 Å². The first-order valence-electron chi connectivity index (χ1n) is 8.18. The fraction of sp³-hybridized carbons (Fsp3) is 0.588. The van der Waals surface area contributed by atoms with Gasteiger partial charge in [0.15, 0.2) is 6.23 Å². The predicted molar refractivity (Wildman–Crippen MR) is 87.8 cm³/mol. The van der Waals surface area contributed by atoms with Crippen molar-refractivity contribution in [2.75, 3.05) is 6.61 Å². The van der Waals surface area contributed by atoms with Crippen LogP contribution < -0.4 is 0 Å². The summed E-state index contributed by atoms with van der Waals surface area (Å²) in [5.41, 5.74) is 1.61. The molecule has 124 valence electrons. The summed E-state index contributed by atoms with van der Waals surface area (Å²) >= 11 is 3.57. The first-order valence-corrected chi connectivity index (χ1v) is 8.98. The van der Waals surface area contributed by atoms with Gasteiger partial charge < -0.3 is 4.74 Å². The van der Waals surface area contributed by atoms with Crippen LogP contribution in [0.15, 0.2) is 16.7 Å². The predicted octanol–water partition coefficient (Wildman–Crippen LogP) is 5.49. The fourth-order valence-corrected chi connectivity index (χ4v) is 4.68. The minimum absolute atomic E-state index is 0.0901. The largest absolute Gasteiger partial charge is 0.356 e. The lowest BCUT2D eigenvalue weighted by molar-refractivity contribution is -0.0370. The van der Waals surface area contributed by atoms with Gasteiger partial charge in [-0.15, -0.1) is 0 Å². The molecular weight excluding hydrogens is 366 g/mol. The Bertz CT molecular complexity index is 753. The van der Waals surface area contributed by atoms with E-state index in [1.54, 1.807) is 16.9 Å². The summed E-state index contributed by atoms with van der Waals surface area (Å²) in [5, 5.41) is 5.33. The van der Waals surface area contributed by atoms with Crippen LogP contribution in [0.1, 0.15) is 62.3 Å². The van der Waals surface area contributed by atoms with Gasteiger partial charge in [0.25, 0.3) is 5.92 Å². The Balaban J connectivity index is 1.92. The van der Waals surface area contributed by atoms with E-state index in [2.05, 4.69) is 21.0 Å². The Morgan fingerprint density at radius 2 is 2.17 bits per heavy atom. The normalized spacial score (nSPS) is 27.1. The van der Waals surface area contributed by atoms with Crippen LogP contribution in [-0.2, 0) is 10.7 Å². The minimum Gasteiger partial charge on any atom is -0.356 e. The van der Waals surface area contributed by atoms with E-state index in [1.807, 2.05) is 6.92 Å². The van der Waals surface area contributed by atoms with Crippen LogP contribution >= 0.6 is 15.9 Å². The van der Waals surface area contributed by atoms with E-state index in [-0.39, 0.29) is 24.1 Å². The van der Waals surface area contributed by atoms with Crippen molar-refractivity contribution in [1.82, 2.24) is 9.78 Å². The maximum absolute atomic E-state index is 14.5. The van der Waals surface area contributed by atoms with Gasteiger partial charge in [0.1, 0.15) is 0 Å². The van der Waals surface area contributed by atoms with Gasteiger partial charge in [-0.3, -0.25) is 0 Å². The molecule has 6 heteroatoms. The first kappa shape index (κ1) is 15.5. The smallest absolute Gasteiger partial charge is 0.273 e. The molecule has 0 spiro atoms. The zero-order valence-electron chi connectivity index (χ0n) is 13.0. The molecule has 0 bridgehead atoms. The third-order valence-corrected chi connectivity index (χ3v) is 5.94. The molecule has 1 saturated heterocycles. The molecule has 4 rings (SSSR count). The van der Waals surface area contributed by atoms with E-state index in [0.717, 1.165) is 40.2 Å². The van der Waals surface area contributed by atoms with Crippen LogP contribution in [0.4, 0.5) is 8.78 Å². The third-order valence-electron chi connectivity index (χ3n) is 5.08. The van der Waals surface area contributed by atoms with Crippen LogP contribution in [0.5, 0.6) is 0 Å². The second-order valence-electron chi connectivity index (χ2n) is 6.64. The van der Waals surface area contributed by atoms with Crippen molar-refractivity contribution in [2.24, 2.45) is 0 Å². The number of alkyl halides is 2. The van der Waals surface area contributed by atoms with Crippen molar-refractivity contribution < 1.29 is 13.5 Å². The van der Waals surface area contributed by atoms with Gasteiger partial charge in [0, 0.05) is 28.5 Å². The topological polar surface area (TPSA) is 27.1 Å². The Morgan fingerprint density at radius 1 is 1.35 bits per heavy atom. The first-order chi connectivity index (χ1) is 11.0. The molecule has 1 aliphatic carbocycles. The number of halogens is 3. The lowest BCUT2D eigenvalue weighted by Gasteiger charge is -2.31. The number of fused-ring (bicyclic) bond motifs is 2. The maximum atomic E-state index is 14.5. The molecule has 2 aliphatic rings. The number of benzene rings is 1. The zero-order valence-corrected chi connectivity index (χ0v) is 14.6. The molecule has 1 unspecified atom stereocenters. The van der Waals surface area contributed by atoms with Gasteiger partial charge in [-0.05, 0) is 59.2 Å². The lowest BCUT2D eigenvalue weighted by atomic mass is 9.81. The van der Waals surface area contributed by atoms with Crippen LogP contribution in [0.3, 0.4) is 0 Å². The summed E-state index contributed by atoms with van der Waals surface area (Å²) in [6, 6.07) is 1.63. The van der Waals surface area contributed by atoms with E-state index in [4.69, 9.17) is 4.74 Å². The zero-order chi connectivity index (χ0) is 16.2. The third kappa shape index (κ3) is 2.41. The van der Waals surface area contributed by atoms with E-state index >= 15 is 0 Å². The van der Waals surface area contributed by atoms with Crippen molar-refractivity contribution >= 4 is 26.8 Å². The molecule has 0 saturated carbocycles. The number of hydrogen-bond acceptors (Lipinski definition) is 2. The lowest BCUT2D eigenvalue weighted by Crippen LogP contribution is -2.24. The van der Waals surface area contributed by atoms with Gasteiger partial charge >= 0.3 is 0 Å². The molecule has 1 aromatic carbocycles. The van der Waals surface area contributed by atoms with Crippen LogP contribution in [-0.4, -0.2) is 16.4 Å². The summed E-state index contributed by atoms with van der Waals surface area (Å²) in [6.07, 6.45) is 5.02. The molecule has 0 amide bonds. The second kappa shape index (κ2) is 5.52. The van der Waals surface area contributed by atoms with Gasteiger partial charge in [-0.25, -0.2) is 13.5 Å². The molecule has 3 nitrogen and oxygen atoms in total. The molecule has 2 heterocycles. The molecule has 23 heavy (non-hydrogen) atoms. The van der Waals surface area contributed by atoms with Crippen LogP contribution in [0.2, 0.25) is 0 Å². The highest BCUT2D eigenvalue weighted by molar-refractivity contribution is 9.10. The average molecular weight is 385 g/mol. The molecular formula is C17H19BrF2N2O. The van der Waals surface area contributed by atoms with Crippen molar-refractivity contribution in [3.63, 3.8) is 0 Å². The van der Waals surface area contributed by atoms with Crippen molar-refractivity contribution in [1.29, 1.82) is 0 Å². The monoisotopic (exact) mass is 384 g/mol. The fourth-order valence-electron chi connectivity index (χ4n) is 3.77. The standard InChI is InChI=1S/C17H19BrF2N2O/c1-10-5-6-17(19,20)12-8-13-11(16(18)15(10)12)9-21-22(13)14-4-2-3-7-23-14/h8-10,14H,2-7H2,1H3/t10-,14?/m1/s1. The molecule has 1 fully saturated rings. The van der Waals surface area contributed by atoms with E-state index in [0.29, 0.717) is 13.0 Å².